The van der Waals surface area contributed by atoms with E-state index in [9.17, 15) is 4.79 Å². The zero-order valence-electron chi connectivity index (χ0n) is 11.1. The van der Waals surface area contributed by atoms with E-state index in [1.165, 1.54) is 12.5 Å². The van der Waals surface area contributed by atoms with Gasteiger partial charge in [-0.15, -0.1) is 0 Å². The summed E-state index contributed by atoms with van der Waals surface area (Å²) in [4.78, 5) is 12.7. The molecule has 0 aromatic carbocycles. The molecule has 0 aliphatic carbocycles. The highest BCUT2D eigenvalue weighted by Gasteiger charge is 1.98. The van der Waals surface area contributed by atoms with E-state index in [4.69, 9.17) is 5.84 Å². The van der Waals surface area contributed by atoms with Crippen molar-refractivity contribution in [3.05, 3.63) is 11.6 Å². The Hall–Kier alpha value is -1.52. The van der Waals surface area contributed by atoms with Crippen molar-refractivity contribution in [1.29, 1.82) is 0 Å². The number of carbonyl (C=O) groups excluding carboxylic acids is 1. The third kappa shape index (κ3) is 10.8. The highest BCUT2D eigenvalue weighted by atomic mass is 16.1. The van der Waals surface area contributed by atoms with E-state index in [1.807, 2.05) is 0 Å². The lowest BCUT2D eigenvalue weighted by Crippen LogP contribution is -2.26. The van der Waals surface area contributed by atoms with Gasteiger partial charge < -0.3 is 16.1 Å². The number of hydrogen-bond acceptors (Lipinski definition) is 3. The van der Waals surface area contributed by atoms with Gasteiger partial charge in [0.25, 0.3) is 0 Å². The number of nitrogens with zero attached hydrogens (tertiary/aromatic N) is 2. The fraction of sp³-hybridized carbons (Fsp3) is 0.667. The Labute approximate surface area is 104 Å². The van der Waals surface area contributed by atoms with Crippen molar-refractivity contribution >= 4 is 12.2 Å². The van der Waals surface area contributed by atoms with Crippen molar-refractivity contribution in [3.63, 3.8) is 0 Å². The maximum Gasteiger partial charge on any atom is 0.216 e. The normalized spacial score (nSPS) is 10.3. The topological polar surface area (TPSA) is 70.7 Å². The Morgan fingerprint density at radius 1 is 1.35 bits per heavy atom. The molecule has 0 saturated heterocycles. The Morgan fingerprint density at radius 2 is 2.06 bits per heavy atom. The SMILES string of the molecule is CC(=O)NCCCCN(C=NN)CC=C(C)C. The molecule has 98 valence electrons. The van der Waals surface area contributed by atoms with E-state index in [0.29, 0.717) is 0 Å². The highest BCUT2D eigenvalue weighted by molar-refractivity contribution is 5.72. The number of hydrogen-bond donors (Lipinski definition) is 2. The van der Waals surface area contributed by atoms with Gasteiger partial charge in [0.05, 0.1) is 0 Å². The van der Waals surface area contributed by atoms with E-state index in [-0.39, 0.29) is 5.91 Å². The number of amides is 1. The zero-order chi connectivity index (χ0) is 13.1. The van der Waals surface area contributed by atoms with Crippen LogP contribution in [0.2, 0.25) is 0 Å². The molecule has 0 aromatic rings. The predicted molar refractivity (Wildman–Crippen MR) is 71.6 cm³/mol. The largest absolute Gasteiger partial charge is 0.357 e. The van der Waals surface area contributed by atoms with Crippen LogP contribution in [0.15, 0.2) is 16.8 Å². The number of rotatable bonds is 8. The number of nitrogens with two attached hydrogens (primary N) is 1. The number of carbonyl (C=O) groups is 1. The molecule has 0 fully saturated rings. The van der Waals surface area contributed by atoms with Crippen LogP contribution >= 0.6 is 0 Å². The van der Waals surface area contributed by atoms with Crippen LogP contribution in [0.3, 0.4) is 0 Å². The van der Waals surface area contributed by atoms with Crippen molar-refractivity contribution < 1.29 is 4.79 Å². The van der Waals surface area contributed by atoms with E-state index < -0.39 is 0 Å². The molecule has 0 radical (unpaired) electrons. The molecule has 3 N–H and O–H groups in total. The van der Waals surface area contributed by atoms with Crippen molar-refractivity contribution in [2.24, 2.45) is 10.9 Å². The first-order valence-electron chi connectivity index (χ1n) is 5.91. The molecule has 5 nitrogen and oxygen atoms in total. The molecule has 0 atom stereocenters. The second-order valence-electron chi connectivity index (χ2n) is 4.23. The summed E-state index contributed by atoms with van der Waals surface area (Å²) in [6.45, 7) is 8.10. The van der Waals surface area contributed by atoms with Crippen LogP contribution in [0, 0.1) is 0 Å². The van der Waals surface area contributed by atoms with Crippen LogP contribution in [0.4, 0.5) is 0 Å². The van der Waals surface area contributed by atoms with Crippen LogP contribution in [-0.2, 0) is 4.79 Å². The molecule has 0 bridgehead atoms. The van der Waals surface area contributed by atoms with Gasteiger partial charge in [-0.3, -0.25) is 4.79 Å². The van der Waals surface area contributed by atoms with Gasteiger partial charge in [0, 0.05) is 26.6 Å². The monoisotopic (exact) mass is 240 g/mol. The maximum atomic E-state index is 10.7. The lowest BCUT2D eigenvalue weighted by atomic mass is 10.2. The van der Waals surface area contributed by atoms with E-state index in [0.717, 1.165) is 32.5 Å². The minimum Gasteiger partial charge on any atom is -0.357 e. The Morgan fingerprint density at radius 3 is 2.59 bits per heavy atom. The molecule has 0 spiro atoms. The molecule has 0 heterocycles. The zero-order valence-corrected chi connectivity index (χ0v) is 11.1. The van der Waals surface area contributed by atoms with Crippen LogP contribution in [0.25, 0.3) is 0 Å². The van der Waals surface area contributed by atoms with Crippen LogP contribution in [-0.4, -0.2) is 36.8 Å². The van der Waals surface area contributed by atoms with Gasteiger partial charge in [-0.25, -0.2) is 0 Å². The van der Waals surface area contributed by atoms with Crippen molar-refractivity contribution in [2.45, 2.75) is 33.6 Å². The molecule has 17 heavy (non-hydrogen) atoms. The van der Waals surface area contributed by atoms with Crippen molar-refractivity contribution in [1.82, 2.24) is 10.2 Å². The third-order valence-corrected chi connectivity index (χ3v) is 2.21. The van der Waals surface area contributed by atoms with Crippen LogP contribution in [0.1, 0.15) is 33.6 Å². The average Bonchev–Trinajstić information content (AvgIpc) is 2.24. The fourth-order valence-electron chi connectivity index (χ4n) is 1.29. The number of hydrazone groups is 1. The smallest absolute Gasteiger partial charge is 0.216 e. The van der Waals surface area contributed by atoms with Gasteiger partial charge in [0.15, 0.2) is 0 Å². The molecule has 0 unspecified atom stereocenters. The summed E-state index contributed by atoms with van der Waals surface area (Å²) in [6.07, 6.45) is 5.75. The second kappa shape index (κ2) is 9.69. The van der Waals surface area contributed by atoms with Crippen LogP contribution < -0.4 is 11.2 Å². The Balaban J connectivity index is 3.77. The summed E-state index contributed by atoms with van der Waals surface area (Å²) in [5, 5.41) is 6.32. The quantitative estimate of drug-likeness (QED) is 0.166. The first kappa shape index (κ1) is 15.5. The first-order chi connectivity index (χ1) is 8.06. The van der Waals surface area contributed by atoms with Crippen molar-refractivity contribution in [3.8, 4) is 0 Å². The minimum atomic E-state index is 0.0231. The lowest BCUT2D eigenvalue weighted by molar-refractivity contribution is -0.118. The standard InChI is InChI=1S/C12H24N4O/c1-11(2)6-9-16(10-15-13)8-5-4-7-14-12(3)17/h6,10H,4-5,7-9,13H2,1-3H3,(H,14,17). The fourth-order valence-corrected chi connectivity index (χ4v) is 1.29. The molecule has 0 aliphatic rings. The summed E-state index contributed by atoms with van der Waals surface area (Å²) < 4.78 is 0. The molecule has 0 aliphatic heterocycles. The molecule has 5 heteroatoms. The molecule has 1 amide bonds. The summed E-state index contributed by atoms with van der Waals surface area (Å²) in [6, 6.07) is 0. The summed E-state index contributed by atoms with van der Waals surface area (Å²) in [5.74, 6) is 5.18. The van der Waals surface area contributed by atoms with Crippen molar-refractivity contribution in [2.75, 3.05) is 19.6 Å². The molecule has 0 saturated carbocycles. The summed E-state index contributed by atoms with van der Waals surface area (Å²) in [5.41, 5.74) is 1.28. The van der Waals surface area contributed by atoms with Gasteiger partial charge >= 0.3 is 0 Å². The molecule has 0 rings (SSSR count). The van der Waals surface area contributed by atoms with Gasteiger partial charge in [-0.2, -0.15) is 5.10 Å². The van der Waals surface area contributed by atoms with Gasteiger partial charge in [0.1, 0.15) is 6.34 Å². The minimum absolute atomic E-state index is 0.0231. The summed E-state index contributed by atoms with van der Waals surface area (Å²) >= 11 is 0. The van der Waals surface area contributed by atoms with Gasteiger partial charge in [-0.05, 0) is 26.7 Å². The van der Waals surface area contributed by atoms with E-state index in [2.05, 4.69) is 35.2 Å². The van der Waals surface area contributed by atoms with E-state index in [1.54, 1.807) is 6.34 Å². The maximum absolute atomic E-state index is 10.7. The molecule has 0 aromatic heterocycles. The van der Waals surface area contributed by atoms with Crippen LogP contribution in [0.5, 0.6) is 0 Å². The van der Waals surface area contributed by atoms with Gasteiger partial charge in [0.2, 0.25) is 5.91 Å². The predicted octanol–water partition coefficient (Wildman–Crippen LogP) is 1.07. The van der Waals surface area contributed by atoms with Gasteiger partial charge in [-0.1, -0.05) is 11.6 Å². The van der Waals surface area contributed by atoms with E-state index >= 15 is 0 Å². The third-order valence-electron chi connectivity index (χ3n) is 2.21. The molecular weight excluding hydrogens is 216 g/mol. The molecular formula is C12H24N4O. The average molecular weight is 240 g/mol. The number of nitrogens with one attached hydrogen (secondary N) is 1. The lowest BCUT2D eigenvalue weighted by Gasteiger charge is -2.17. The Kier molecular flexibility index (Phi) is 8.82. The second-order valence-corrected chi connectivity index (χ2v) is 4.23. The number of allylic oxidation sites excluding steroid dienone is 1. The number of unbranched alkanes of at least 4 members (excludes halogenated alkanes) is 1. The Bertz CT molecular complexity index is 270. The summed E-state index contributed by atoms with van der Waals surface area (Å²) in [7, 11) is 0. The highest BCUT2D eigenvalue weighted by Crippen LogP contribution is 1.96. The first-order valence-corrected chi connectivity index (χ1v) is 5.91.